The molecule has 2 amide bonds. The molecule has 0 aliphatic rings. The van der Waals surface area contributed by atoms with Crippen molar-refractivity contribution in [1.29, 1.82) is 0 Å². The second kappa shape index (κ2) is 5.85. The number of aryl methyl sites for hydroxylation is 1. The van der Waals surface area contributed by atoms with Crippen LogP contribution in [0.4, 0.5) is 16.2 Å². The first-order chi connectivity index (χ1) is 9.13. The minimum atomic E-state index is -0.304. The van der Waals surface area contributed by atoms with E-state index in [1.165, 1.54) is 0 Å². The molecule has 2 aromatic rings. The normalized spacial score (nSPS) is 10.2. The first-order valence-electron chi connectivity index (χ1n) is 5.83. The van der Waals surface area contributed by atoms with Gasteiger partial charge in [0.05, 0.1) is 0 Å². The molecule has 19 heavy (non-hydrogen) atoms. The average molecular weight is 261 g/mol. The van der Waals surface area contributed by atoms with E-state index in [1.54, 1.807) is 31.2 Å². The molecule has 7 heteroatoms. The molecular formula is C12H15N5O2. The number of benzene rings is 1. The van der Waals surface area contributed by atoms with E-state index in [0.717, 1.165) is 0 Å². The van der Waals surface area contributed by atoms with Crippen molar-refractivity contribution < 1.29 is 9.32 Å². The number of carbonyl (C=O) groups is 1. The Balaban J connectivity index is 1.76. The van der Waals surface area contributed by atoms with Crippen molar-refractivity contribution >= 4 is 17.4 Å². The monoisotopic (exact) mass is 261 g/mol. The first kappa shape index (κ1) is 12.9. The van der Waals surface area contributed by atoms with Crippen molar-refractivity contribution in [2.45, 2.75) is 13.3 Å². The number of urea groups is 1. The van der Waals surface area contributed by atoms with E-state index in [2.05, 4.69) is 20.8 Å². The Morgan fingerprint density at radius 3 is 3.00 bits per heavy atom. The van der Waals surface area contributed by atoms with Crippen molar-refractivity contribution in [3.63, 3.8) is 0 Å². The van der Waals surface area contributed by atoms with Gasteiger partial charge in [-0.25, -0.2) is 4.79 Å². The topological polar surface area (TPSA) is 106 Å². The maximum atomic E-state index is 11.6. The number of nitrogens with zero attached hydrogens (tertiary/aromatic N) is 2. The zero-order valence-corrected chi connectivity index (χ0v) is 10.5. The lowest BCUT2D eigenvalue weighted by Crippen LogP contribution is -2.30. The SMILES string of the molecule is Cc1noc(CCNC(=O)Nc2cccc(N)c2)n1. The average Bonchev–Trinajstić information content (AvgIpc) is 2.75. The quantitative estimate of drug-likeness (QED) is 0.720. The third kappa shape index (κ3) is 3.98. The Labute approximate surface area is 110 Å². The summed E-state index contributed by atoms with van der Waals surface area (Å²) in [7, 11) is 0. The number of aromatic nitrogens is 2. The summed E-state index contributed by atoms with van der Waals surface area (Å²) in [5, 5.41) is 9.03. The molecule has 0 spiro atoms. The molecule has 4 N–H and O–H groups in total. The van der Waals surface area contributed by atoms with Gasteiger partial charge in [-0.3, -0.25) is 0 Å². The zero-order chi connectivity index (χ0) is 13.7. The van der Waals surface area contributed by atoms with Crippen molar-refractivity contribution in [3.8, 4) is 0 Å². The molecule has 7 nitrogen and oxygen atoms in total. The highest BCUT2D eigenvalue weighted by molar-refractivity contribution is 5.89. The molecule has 0 aliphatic heterocycles. The van der Waals surface area contributed by atoms with Crippen molar-refractivity contribution in [3.05, 3.63) is 36.0 Å². The fraction of sp³-hybridized carbons (Fsp3) is 0.250. The molecule has 1 aromatic heterocycles. The summed E-state index contributed by atoms with van der Waals surface area (Å²) in [4.78, 5) is 15.6. The van der Waals surface area contributed by atoms with Crippen molar-refractivity contribution in [1.82, 2.24) is 15.5 Å². The van der Waals surface area contributed by atoms with Crippen LogP contribution in [0.1, 0.15) is 11.7 Å². The van der Waals surface area contributed by atoms with Gasteiger partial charge in [-0.2, -0.15) is 4.98 Å². The second-order valence-electron chi connectivity index (χ2n) is 3.99. The van der Waals surface area contributed by atoms with E-state index in [9.17, 15) is 4.79 Å². The van der Waals surface area contributed by atoms with Gasteiger partial charge in [-0.1, -0.05) is 11.2 Å². The molecule has 1 aromatic carbocycles. The van der Waals surface area contributed by atoms with Crippen LogP contribution in [-0.2, 0) is 6.42 Å². The van der Waals surface area contributed by atoms with Crippen molar-refractivity contribution in [2.24, 2.45) is 0 Å². The van der Waals surface area contributed by atoms with Crippen LogP contribution in [0.2, 0.25) is 0 Å². The summed E-state index contributed by atoms with van der Waals surface area (Å²) in [5.41, 5.74) is 6.85. The minimum absolute atomic E-state index is 0.304. The molecule has 0 fully saturated rings. The molecule has 2 rings (SSSR count). The maximum Gasteiger partial charge on any atom is 0.319 e. The van der Waals surface area contributed by atoms with Gasteiger partial charge in [0.15, 0.2) is 5.82 Å². The summed E-state index contributed by atoms with van der Waals surface area (Å²) in [5.74, 6) is 1.08. The molecule has 0 bridgehead atoms. The van der Waals surface area contributed by atoms with E-state index >= 15 is 0 Å². The number of hydrogen-bond donors (Lipinski definition) is 3. The number of anilines is 2. The molecule has 0 radical (unpaired) electrons. The molecule has 0 saturated heterocycles. The Morgan fingerprint density at radius 1 is 1.47 bits per heavy atom. The van der Waals surface area contributed by atoms with E-state index in [0.29, 0.717) is 36.1 Å². The predicted octanol–water partition coefficient (Wildman–Crippen LogP) is 1.32. The van der Waals surface area contributed by atoms with Gasteiger partial charge in [-0.05, 0) is 25.1 Å². The van der Waals surface area contributed by atoms with Gasteiger partial charge in [0.1, 0.15) is 0 Å². The Bertz CT molecular complexity index is 567. The Kier molecular flexibility index (Phi) is 3.97. The fourth-order valence-corrected chi connectivity index (χ4v) is 1.52. The van der Waals surface area contributed by atoms with Gasteiger partial charge in [0, 0.05) is 24.3 Å². The lowest BCUT2D eigenvalue weighted by molar-refractivity contribution is 0.252. The molecular weight excluding hydrogens is 246 g/mol. The van der Waals surface area contributed by atoms with Crippen LogP contribution in [0.25, 0.3) is 0 Å². The van der Waals surface area contributed by atoms with Crippen LogP contribution in [0, 0.1) is 6.92 Å². The van der Waals surface area contributed by atoms with Gasteiger partial charge in [0.2, 0.25) is 5.89 Å². The summed E-state index contributed by atoms with van der Waals surface area (Å²) >= 11 is 0. The second-order valence-corrected chi connectivity index (χ2v) is 3.99. The maximum absolute atomic E-state index is 11.6. The van der Waals surface area contributed by atoms with Crippen LogP contribution < -0.4 is 16.4 Å². The number of nitrogen functional groups attached to an aromatic ring is 1. The number of hydrogen-bond acceptors (Lipinski definition) is 5. The fourth-order valence-electron chi connectivity index (χ4n) is 1.52. The summed E-state index contributed by atoms with van der Waals surface area (Å²) in [6.45, 7) is 2.16. The first-order valence-corrected chi connectivity index (χ1v) is 5.83. The standard InChI is InChI=1S/C12H15N5O2/c1-8-15-11(19-17-8)5-6-14-12(18)16-10-4-2-3-9(13)7-10/h2-4,7H,5-6,13H2,1H3,(H2,14,16,18). The zero-order valence-electron chi connectivity index (χ0n) is 10.5. The lowest BCUT2D eigenvalue weighted by Gasteiger charge is -2.06. The number of nitrogens with two attached hydrogens (primary N) is 1. The van der Waals surface area contributed by atoms with Crippen LogP contribution in [-0.4, -0.2) is 22.7 Å². The molecule has 1 heterocycles. The summed E-state index contributed by atoms with van der Waals surface area (Å²) < 4.78 is 4.93. The lowest BCUT2D eigenvalue weighted by atomic mass is 10.3. The summed E-state index contributed by atoms with van der Waals surface area (Å²) in [6, 6.07) is 6.66. The highest BCUT2D eigenvalue weighted by atomic mass is 16.5. The third-order valence-electron chi connectivity index (χ3n) is 2.34. The number of rotatable bonds is 4. The van der Waals surface area contributed by atoms with Gasteiger partial charge >= 0.3 is 6.03 Å². The van der Waals surface area contributed by atoms with Crippen LogP contribution in [0.15, 0.2) is 28.8 Å². The predicted molar refractivity (Wildman–Crippen MR) is 70.6 cm³/mol. The van der Waals surface area contributed by atoms with E-state index in [1.807, 2.05) is 0 Å². The molecule has 0 unspecified atom stereocenters. The van der Waals surface area contributed by atoms with Crippen LogP contribution in [0.3, 0.4) is 0 Å². The number of nitrogens with one attached hydrogen (secondary N) is 2. The van der Waals surface area contributed by atoms with E-state index in [4.69, 9.17) is 10.3 Å². The Hall–Kier alpha value is -2.57. The minimum Gasteiger partial charge on any atom is -0.399 e. The van der Waals surface area contributed by atoms with Gasteiger partial charge in [0.25, 0.3) is 0 Å². The third-order valence-corrected chi connectivity index (χ3v) is 2.34. The summed E-state index contributed by atoms with van der Waals surface area (Å²) in [6.07, 6.45) is 0.491. The molecule has 0 atom stereocenters. The van der Waals surface area contributed by atoms with Gasteiger partial charge in [-0.15, -0.1) is 0 Å². The van der Waals surface area contributed by atoms with E-state index in [-0.39, 0.29) is 6.03 Å². The van der Waals surface area contributed by atoms with E-state index < -0.39 is 0 Å². The van der Waals surface area contributed by atoms with Crippen LogP contribution in [0.5, 0.6) is 0 Å². The molecule has 0 aliphatic carbocycles. The molecule has 0 saturated carbocycles. The Morgan fingerprint density at radius 2 is 2.32 bits per heavy atom. The van der Waals surface area contributed by atoms with Crippen LogP contribution >= 0.6 is 0 Å². The number of amides is 2. The number of carbonyl (C=O) groups excluding carboxylic acids is 1. The highest BCUT2D eigenvalue weighted by Gasteiger charge is 2.04. The smallest absolute Gasteiger partial charge is 0.319 e. The highest BCUT2D eigenvalue weighted by Crippen LogP contribution is 2.11. The van der Waals surface area contributed by atoms with Crippen molar-refractivity contribution in [2.75, 3.05) is 17.6 Å². The largest absolute Gasteiger partial charge is 0.399 e. The molecule has 100 valence electrons. The van der Waals surface area contributed by atoms with Gasteiger partial charge < -0.3 is 20.9 Å².